The van der Waals surface area contributed by atoms with E-state index in [0.29, 0.717) is 4.32 Å². The summed E-state index contributed by atoms with van der Waals surface area (Å²) in [5.41, 5.74) is 2.93. The van der Waals surface area contributed by atoms with Gasteiger partial charge in [-0.15, -0.1) is 0 Å². The van der Waals surface area contributed by atoms with Gasteiger partial charge in [0, 0.05) is 12.1 Å². The summed E-state index contributed by atoms with van der Waals surface area (Å²) in [7, 11) is 0. The molecule has 2 N–H and O–H groups in total. The minimum atomic E-state index is -0.418. The van der Waals surface area contributed by atoms with E-state index < -0.39 is 5.25 Å². The van der Waals surface area contributed by atoms with Gasteiger partial charge in [0.15, 0.2) is 0 Å². The van der Waals surface area contributed by atoms with E-state index in [4.69, 9.17) is 12.2 Å². The highest BCUT2D eigenvalue weighted by Crippen LogP contribution is 2.23. The van der Waals surface area contributed by atoms with Gasteiger partial charge in [-0.1, -0.05) is 41.7 Å². The molecule has 6 heteroatoms. The lowest BCUT2D eigenvalue weighted by atomic mass is 10.1. The maximum absolute atomic E-state index is 11.9. The Labute approximate surface area is 121 Å². The number of amides is 2. The number of thiocarbonyl (C=S) groups is 1. The summed E-state index contributed by atoms with van der Waals surface area (Å²) in [6.45, 7) is 3.94. The lowest BCUT2D eigenvalue weighted by molar-refractivity contribution is -0.122. The molecule has 1 fully saturated rings. The molecule has 100 valence electrons. The van der Waals surface area contributed by atoms with Crippen LogP contribution in [0.5, 0.6) is 0 Å². The molecule has 0 radical (unpaired) electrons. The zero-order chi connectivity index (χ0) is 14.0. The van der Waals surface area contributed by atoms with Gasteiger partial charge in [0.25, 0.3) is 0 Å². The Bertz CT molecular complexity index is 558. The van der Waals surface area contributed by atoms with Crippen molar-refractivity contribution in [2.45, 2.75) is 25.5 Å². The van der Waals surface area contributed by atoms with E-state index in [1.54, 1.807) is 0 Å². The van der Waals surface area contributed by atoms with E-state index in [1.807, 2.05) is 32.0 Å². The van der Waals surface area contributed by atoms with E-state index in [0.717, 1.165) is 16.8 Å². The Morgan fingerprint density at radius 1 is 1.47 bits per heavy atom. The van der Waals surface area contributed by atoms with Gasteiger partial charge in [-0.2, -0.15) is 0 Å². The van der Waals surface area contributed by atoms with E-state index in [1.165, 1.54) is 11.8 Å². The van der Waals surface area contributed by atoms with Gasteiger partial charge >= 0.3 is 0 Å². The van der Waals surface area contributed by atoms with Crippen LogP contribution in [0.2, 0.25) is 0 Å². The highest BCUT2D eigenvalue weighted by molar-refractivity contribution is 8.24. The molecule has 0 unspecified atom stereocenters. The fraction of sp³-hybridized carbons (Fsp3) is 0.308. The second kappa shape index (κ2) is 5.71. The van der Waals surface area contributed by atoms with Gasteiger partial charge in [0.1, 0.15) is 4.32 Å². The van der Waals surface area contributed by atoms with Crippen LogP contribution >= 0.6 is 24.0 Å². The Morgan fingerprint density at radius 3 is 2.79 bits per heavy atom. The predicted molar refractivity (Wildman–Crippen MR) is 81.3 cm³/mol. The minimum Gasteiger partial charge on any atom is -0.326 e. The smallest absolute Gasteiger partial charge is 0.239 e. The van der Waals surface area contributed by atoms with E-state index >= 15 is 0 Å². The van der Waals surface area contributed by atoms with Crippen LogP contribution in [0.15, 0.2) is 18.2 Å². The molecule has 2 amide bonds. The predicted octanol–water partition coefficient (Wildman–Crippen LogP) is 2.15. The molecule has 1 saturated heterocycles. The number of nitrogens with one attached hydrogen (secondary N) is 2. The molecule has 4 nitrogen and oxygen atoms in total. The summed E-state index contributed by atoms with van der Waals surface area (Å²) in [4.78, 5) is 23.4. The molecular weight excluding hydrogens is 280 g/mol. The van der Waals surface area contributed by atoms with Crippen molar-refractivity contribution in [3.05, 3.63) is 29.3 Å². The van der Waals surface area contributed by atoms with Crippen LogP contribution in [-0.2, 0) is 9.59 Å². The third kappa shape index (κ3) is 3.54. The largest absolute Gasteiger partial charge is 0.326 e. The lowest BCUT2D eigenvalue weighted by Crippen LogP contribution is -2.27. The number of carbonyl (C=O) groups excluding carboxylic acids is 2. The Balaban J connectivity index is 1.98. The van der Waals surface area contributed by atoms with Crippen LogP contribution < -0.4 is 10.6 Å². The molecule has 1 heterocycles. The Morgan fingerprint density at radius 2 is 2.21 bits per heavy atom. The topological polar surface area (TPSA) is 58.2 Å². The van der Waals surface area contributed by atoms with Crippen LogP contribution in [-0.4, -0.2) is 21.4 Å². The summed E-state index contributed by atoms with van der Waals surface area (Å²) in [5.74, 6) is -0.366. The van der Waals surface area contributed by atoms with E-state index in [-0.39, 0.29) is 18.2 Å². The summed E-state index contributed by atoms with van der Waals surface area (Å²) < 4.78 is 0.439. The number of aryl methyl sites for hydroxylation is 2. The van der Waals surface area contributed by atoms with Crippen molar-refractivity contribution < 1.29 is 9.59 Å². The van der Waals surface area contributed by atoms with Crippen molar-refractivity contribution in [2.24, 2.45) is 0 Å². The Hall–Kier alpha value is -1.40. The highest BCUT2D eigenvalue weighted by atomic mass is 32.2. The normalized spacial score (nSPS) is 18.3. The number of carbonyl (C=O) groups is 2. The molecule has 1 atom stereocenters. The molecule has 0 bridgehead atoms. The third-order valence-electron chi connectivity index (χ3n) is 2.79. The number of anilines is 1. The first-order valence-corrected chi connectivity index (χ1v) is 7.13. The van der Waals surface area contributed by atoms with Crippen molar-refractivity contribution in [2.75, 3.05) is 5.32 Å². The van der Waals surface area contributed by atoms with Crippen molar-refractivity contribution >= 4 is 45.8 Å². The third-order valence-corrected chi connectivity index (χ3v) is 4.17. The SMILES string of the molecule is Cc1ccc(NC(=O)C[C@@H]2SC(=S)NC2=O)c(C)c1. The zero-order valence-corrected chi connectivity index (χ0v) is 12.3. The lowest BCUT2D eigenvalue weighted by Gasteiger charge is -2.10. The van der Waals surface area contributed by atoms with Gasteiger partial charge in [-0.25, -0.2) is 0 Å². The fourth-order valence-electron chi connectivity index (χ4n) is 1.85. The number of hydrogen-bond acceptors (Lipinski definition) is 4. The maximum atomic E-state index is 11.9. The number of benzene rings is 1. The van der Waals surface area contributed by atoms with Gasteiger partial charge in [-0.3, -0.25) is 9.59 Å². The van der Waals surface area contributed by atoms with Crippen LogP contribution in [0.3, 0.4) is 0 Å². The van der Waals surface area contributed by atoms with Gasteiger partial charge in [-0.05, 0) is 25.5 Å². The number of rotatable bonds is 3. The molecule has 1 aliphatic rings. The second-order valence-corrected chi connectivity index (χ2v) is 6.33. The van der Waals surface area contributed by atoms with Gasteiger partial charge in [0.05, 0.1) is 5.25 Å². The summed E-state index contributed by atoms with van der Waals surface area (Å²) in [5, 5.41) is 4.94. The average Bonchev–Trinajstić information content (AvgIpc) is 2.61. The highest BCUT2D eigenvalue weighted by Gasteiger charge is 2.30. The first-order valence-electron chi connectivity index (χ1n) is 5.84. The monoisotopic (exact) mass is 294 g/mol. The summed E-state index contributed by atoms with van der Waals surface area (Å²) in [6.07, 6.45) is 0.129. The number of hydrogen-bond donors (Lipinski definition) is 2. The fourth-order valence-corrected chi connectivity index (χ4v) is 3.12. The van der Waals surface area contributed by atoms with Crippen LogP contribution in [0.4, 0.5) is 5.69 Å². The van der Waals surface area contributed by atoms with Crippen molar-refractivity contribution in [3.8, 4) is 0 Å². The van der Waals surface area contributed by atoms with Gasteiger partial charge in [0.2, 0.25) is 11.8 Å². The first kappa shape index (κ1) is 14.0. The molecule has 19 heavy (non-hydrogen) atoms. The van der Waals surface area contributed by atoms with E-state index in [2.05, 4.69) is 10.6 Å². The standard InChI is InChI=1S/C13H14N2O2S2/c1-7-3-4-9(8(2)5-7)14-11(16)6-10-12(17)15-13(18)19-10/h3-5,10H,6H2,1-2H3,(H,14,16)(H,15,17,18)/t10-/m0/s1. The second-order valence-electron chi connectivity index (χ2n) is 4.45. The van der Waals surface area contributed by atoms with Crippen molar-refractivity contribution in [1.82, 2.24) is 5.32 Å². The molecule has 0 aliphatic carbocycles. The van der Waals surface area contributed by atoms with Crippen LogP contribution in [0, 0.1) is 13.8 Å². The molecular formula is C13H14N2O2S2. The molecule has 0 saturated carbocycles. The number of thioether (sulfide) groups is 1. The molecule has 1 aromatic rings. The molecule has 1 aliphatic heterocycles. The molecule has 0 aromatic heterocycles. The summed E-state index contributed by atoms with van der Waals surface area (Å²) >= 11 is 6.12. The van der Waals surface area contributed by atoms with E-state index in [9.17, 15) is 9.59 Å². The van der Waals surface area contributed by atoms with Crippen LogP contribution in [0.25, 0.3) is 0 Å². The quantitative estimate of drug-likeness (QED) is 0.839. The van der Waals surface area contributed by atoms with Crippen molar-refractivity contribution in [1.29, 1.82) is 0 Å². The zero-order valence-electron chi connectivity index (χ0n) is 10.6. The van der Waals surface area contributed by atoms with Gasteiger partial charge < -0.3 is 10.6 Å². The molecule has 1 aromatic carbocycles. The molecule has 2 rings (SSSR count). The summed E-state index contributed by atoms with van der Waals surface area (Å²) in [6, 6.07) is 5.81. The first-order chi connectivity index (χ1) is 8.95. The van der Waals surface area contributed by atoms with Crippen LogP contribution in [0.1, 0.15) is 17.5 Å². The Kier molecular flexibility index (Phi) is 4.21. The van der Waals surface area contributed by atoms with Crippen molar-refractivity contribution in [3.63, 3.8) is 0 Å². The average molecular weight is 294 g/mol. The minimum absolute atomic E-state index is 0.129. The maximum Gasteiger partial charge on any atom is 0.239 e. The molecule has 0 spiro atoms.